The molecule has 5 nitrogen and oxygen atoms in total. The first-order valence-electron chi connectivity index (χ1n) is 6.72. The second-order valence-corrected chi connectivity index (χ2v) is 4.79. The summed E-state index contributed by atoms with van der Waals surface area (Å²) in [5.74, 6) is -0.570. The van der Waals surface area contributed by atoms with Gasteiger partial charge in [-0.3, -0.25) is 14.9 Å². The van der Waals surface area contributed by atoms with Gasteiger partial charge in [-0.2, -0.15) is 0 Å². The molecule has 0 unspecified atom stereocenters. The zero-order valence-electron chi connectivity index (χ0n) is 11.5. The Balaban J connectivity index is 2.08. The first kappa shape index (κ1) is 12.4. The third-order valence-electron chi connectivity index (χ3n) is 3.70. The third-order valence-corrected chi connectivity index (χ3v) is 3.70. The predicted molar refractivity (Wildman–Crippen MR) is 73.3 cm³/mol. The molecule has 1 saturated heterocycles. The molecule has 2 N–H and O–H groups in total. The number of benzene rings is 1. The van der Waals surface area contributed by atoms with Crippen molar-refractivity contribution in [3.63, 3.8) is 0 Å². The summed E-state index contributed by atoms with van der Waals surface area (Å²) in [6.45, 7) is 7.89. The van der Waals surface area contributed by atoms with Crippen LogP contribution in [0, 0.1) is 5.41 Å². The molecule has 0 aliphatic carbocycles. The van der Waals surface area contributed by atoms with E-state index in [4.69, 9.17) is 14.9 Å². The number of amidine groups is 1. The summed E-state index contributed by atoms with van der Waals surface area (Å²) in [7, 11) is 0. The fraction of sp³-hybridized carbons (Fsp3) is 0.500. The predicted octanol–water partition coefficient (Wildman–Crippen LogP) is 1.96. The van der Waals surface area contributed by atoms with Crippen LogP contribution in [0.4, 0.5) is 5.69 Å². The first-order valence-corrected chi connectivity index (χ1v) is 6.72. The van der Waals surface area contributed by atoms with E-state index < -0.39 is 5.91 Å². The normalized spacial score (nSPS) is 27.9. The van der Waals surface area contributed by atoms with Crippen molar-refractivity contribution in [1.29, 1.82) is 5.41 Å². The topological polar surface area (TPSA) is 57.6 Å². The van der Waals surface area contributed by atoms with E-state index in [1.54, 1.807) is 0 Å². The van der Waals surface area contributed by atoms with Crippen molar-refractivity contribution in [3.8, 4) is 0 Å². The number of ether oxygens (including phenoxy) is 2. The molecule has 0 saturated carbocycles. The molecule has 1 spiro atoms. The van der Waals surface area contributed by atoms with Gasteiger partial charge in [0.2, 0.25) is 0 Å². The summed E-state index contributed by atoms with van der Waals surface area (Å²) in [4.78, 5) is 2.23. The molecule has 1 aromatic carbocycles. The lowest BCUT2D eigenvalue weighted by Crippen LogP contribution is -2.57. The van der Waals surface area contributed by atoms with Gasteiger partial charge in [0.1, 0.15) is 5.84 Å². The molecule has 1 aromatic rings. The van der Waals surface area contributed by atoms with E-state index in [-0.39, 0.29) is 6.29 Å². The molecular formula is C14H19N3O2. The number of nitrogens with one attached hydrogen (secondary N) is 2. The summed E-state index contributed by atoms with van der Waals surface area (Å²) >= 11 is 0. The zero-order valence-corrected chi connectivity index (χ0v) is 11.5. The highest BCUT2D eigenvalue weighted by Gasteiger charge is 2.54. The van der Waals surface area contributed by atoms with Gasteiger partial charge in [0.15, 0.2) is 6.29 Å². The molecule has 3 rings (SSSR count). The lowest BCUT2D eigenvalue weighted by Gasteiger charge is -2.43. The third kappa shape index (κ3) is 1.65. The van der Waals surface area contributed by atoms with Crippen molar-refractivity contribution in [1.82, 2.24) is 5.32 Å². The molecular weight excluding hydrogens is 242 g/mol. The van der Waals surface area contributed by atoms with Crippen molar-refractivity contribution >= 4 is 11.5 Å². The van der Waals surface area contributed by atoms with Gasteiger partial charge >= 0.3 is 0 Å². The van der Waals surface area contributed by atoms with Gasteiger partial charge in [0.25, 0.3) is 5.91 Å². The average Bonchev–Trinajstić information content (AvgIpc) is 2.65. The Hall–Kier alpha value is -1.59. The summed E-state index contributed by atoms with van der Waals surface area (Å²) in [5.41, 5.74) is 2.85. The minimum absolute atomic E-state index is 0.233. The first-order chi connectivity index (χ1) is 9.11. The Bertz CT molecular complexity index is 519. The van der Waals surface area contributed by atoms with Crippen LogP contribution in [0.1, 0.15) is 31.9 Å². The molecule has 5 heteroatoms. The van der Waals surface area contributed by atoms with Crippen LogP contribution < -0.4 is 10.2 Å². The second kappa shape index (κ2) is 4.21. The Morgan fingerprint density at radius 2 is 2.00 bits per heavy atom. The minimum atomic E-state index is -0.936. The molecule has 0 radical (unpaired) electrons. The number of nitrogens with zero attached hydrogens (tertiary/aromatic N) is 1. The zero-order chi connectivity index (χ0) is 13.6. The van der Waals surface area contributed by atoms with E-state index in [1.165, 1.54) is 0 Å². The number of rotatable bonds is 3. The Kier molecular flexibility index (Phi) is 2.76. The SMILES string of the molecule is CCN(CC)c1cccc2c1C(=N)NC21OC(C)O1. The fourth-order valence-corrected chi connectivity index (χ4v) is 2.86. The van der Waals surface area contributed by atoms with Gasteiger partial charge in [-0.25, -0.2) is 0 Å². The van der Waals surface area contributed by atoms with Crippen LogP contribution in [-0.4, -0.2) is 25.2 Å². The van der Waals surface area contributed by atoms with Gasteiger partial charge in [0, 0.05) is 24.3 Å². The number of hydrogen-bond acceptors (Lipinski definition) is 4. The van der Waals surface area contributed by atoms with Crippen molar-refractivity contribution < 1.29 is 9.47 Å². The van der Waals surface area contributed by atoms with E-state index in [0.717, 1.165) is 29.9 Å². The van der Waals surface area contributed by atoms with Crippen LogP contribution in [0.5, 0.6) is 0 Å². The number of fused-ring (bicyclic) bond motifs is 2. The lowest BCUT2D eigenvalue weighted by atomic mass is 10.0. The largest absolute Gasteiger partial charge is 0.371 e. The van der Waals surface area contributed by atoms with Crippen LogP contribution in [0.3, 0.4) is 0 Å². The fourth-order valence-electron chi connectivity index (χ4n) is 2.86. The monoisotopic (exact) mass is 261 g/mol. The second-order valence-electron chi connectivity index (χ2n) is 4.79. The van der Waals surface area contributed by atoms with Gasteiger partial charge in [-0.1, -0.05) is 12.1 Å². The number of anilines is 1. The smallest absolute Gasteiger partial charge is 0.284 e. The highest BCUT2D eigenvalue weighted by atomic mass is 16.9. The van der Waals surface area contributed by atoms with E-state index >= 15 is 0 Å². The molecule has 1 fully saturated rings. The minimum Gasteiger partial charge on any atom is -0.371 e. The maximum Gasteiger partial charge on any atom is 0.284 e. The molecule has 2 aliphatic rings. The molecule has 0 aromatic heterocycles. The summed E-state index contributed by atoms with van der Waals surface area (Å²) in [5, 5.41) is 11.2. The molecule has 0 bridgehead atoms. The van der Waals surface area contributed by atoms with E-state index in [1.807, 2.05) is 25.1 Å². The average molecular weight is 261 g/mol. The Morgan fingerprint density at radius 1 is 1.32 bits per heavy atom. The van der Waals surface area contributed by atoms with Crippen LogP contribution in [-0.2, 0) is 15.4 Å². The molecule has 0 atom stereocenters. The van der Waals surface area contributed by atoms with Crippen LogP contribution in [0.2, 0.25) is 0 Å². The summed E-state index contributed by atoms with van der Waals surface area (Å²) in [6, 6.07) is 6.00. The molecule has 0 amide bonds. The van der Waals surface area contributed by atoms with Crippen molar-refractivity contribution in [2.75, 3.05) is 18.0 Å². The molecule has 102 valence electrons. The molecule has 19 heavy (non-hydrogen) atoms. The quantitative estimate of drug-likeness (QED) is 0.873. The highest BCUT2D eigenvalue weighted by molar-refractivity contribution is 6.06. The van der Waals surface area contributed by atoms with Crippen LogP contribution in [0.15, 0.2) is 18.2 Å². The van der Waals surface area contributed by atoms with Crippen LogP contribution >= 0.6 is 0 Å². The van der Waals surface area contributed by atoms with Gasteiger partial charge in [-0.15, -0.1) is 0 Å². The molecule has 2 heterocycles. The van der Waals surface area contributed by atoms with Gasteiger partial charge < -0.3 is 10.2 Å². The van der Waals surface area contributed by atoms with E-state index in [9.17, 15) is 0 Å². The van der Waals surface area contributed by atoms with E-state index in [2.05, 4.69) is 24.1 Å². The Labute approximate surface area is 113 Å². The standard InChI is InChI=1S/C14H19N3O2/c1-4-17(5-2)11-8-6-7-10-12(11)13(15)16-14(10)18-9(3)19-14/h6-9H,4-5H2,1-3H3,(H2,15,16). The summed E-state index contributed by atoms with van der Waals surface area (Å²) in [6.07, 6.45) is -0.233. The van der Waals surface area contributed by atoms with Gasteiger partial charge in [-0.05, 0) is 26.8 Å². The van der Waals surface area contributed by atoms with Crippen molar-refractivity contribution in [3.05, 3.63) is 29.3 Å². The van der Waals surface area contributed by atoms with Crippen molar-refractivity contribution in [2.45, 2.75) is 33.0 Å². The maximum absolute atomic E-state index is 8.18. The summed E-state index contributed by atoms with van der Waals surface area (Å²) < 4.78 is 11.4. The number of hydrogen-bond donors (Lipinski definition) is 2. The molecule has 2 aliphatic heterocycles. The van der Waals surface area contributed by atoms with E-state index in [0.29, 0.717) is 5.84 Å². The highest BCUT2D eigenvalue weighted by Crippen LogP contribution is 2.44. The maximum atomic E-state index is 8.18. The Morgan fingerprint density at radius 3 is 2.58 bits per heavy atom. The lowest BCUT2D eigenvalue weighted by molar-refractivity contribution is -0.461. The van der Waals surface area contributed by atoms with Gasteiger partial charge in [0.05, 0.1) is 5.56 Å². The van der Waals surface area contributed by atoms with Crippen LogP contribution in [0.25, 0.3) is 0 Å². The van der Waals surface area contributed by atoms with Crippen molar-refractivity contribution in [2.24, 2.45) is 0 Å².